The van der Waals surface area contributed by atoms with Crippen molar-refractivity contribution in [2.75, 3.05) is 0 Å². The molecule has 0 fully saturated rings. The van der Waals surface area contributed by atoms with Gasteiger partial charge < -0.3 is 10.3 Å². The summed E-state index contributed by atoms with van der Waals surface area (Å²) >= 11 is 0. The van der Waals surface area contributed by atoms with Crippen LogP contribution in [-0.2, 0) is 19.4 Å². The topological polar surface area (TPSA) is 56.7 Å². The van der Waals surface area contributed by atoms with Gasteiger partial charge in [-0.2, -0.15) is 0 Å². The van der Waals surface area contributed by atoms with Gasteiger partial charge in [-0.1, -0.05) is 6.07 Å². The van der Waals surface area contributed by atoms with Crippen molar-refractivity contribution in [2.45, 2.75) is 32.4 Å². The number of aromatic nitrogens is 3. The molecule has 0 saturated heterocycles. The smallest absolute Gasteiger partial charge is 0.140 e. The molecule has 3 rings (SSSR count). The molecule has 1 atom stereocenters. The third kappa shape index (κ3) is 3.11. The standard InChI is InChI=1S/C17H20N4/c1-13(18)11-14-12-21(17-16(14)6-4-9-20-17)10-7-15-5-2-3-8-19-15/h2-6,8-9,12-13H,7,10-11,18H2,1H3. The summed E-state index contributed by atoms with van der Waals surface area (Å²) in [7, 11) is 0. The van der Waals surface area contributed by atoms with Crippen LogP contribution in [0.2, 0.25) is 0 Å². The molecular weight excluding hydrogens is 260 g/mol. The van der Waals surface area contributed by atoms with Crippen molar-refractivity contribution in [2.24, 2.45) is 5.73 Å². The van der Waals surface area contributed by atoms with Crippen molar-refractivity contribution in [1.29, 1.82) is 0 Å². The highest BCUT2D eigenvalue weighted by atomic mass is 15.0. The predicted octanol–water partition coefficient (Wildman–Crippen LogP) is 2.56. The zero-order valence-corrected chi connectivity index (χ0v) is 12.2. The normalized spacial score (nSPS) is 12.7. The average molecular weight is 280 g/mol. The Labute approximate surface area is 124 Å². The fourth-order valence-electron chi connectivity index (χ4n) is 2.66. The molecule has 0 aliphatic heterocycles. The molecule has 0 aromatic carbocycles. The molecule has 0 radical (unpaired) electrons. The van der Waals surface area contributed by atoms with E-state index in [9.17, 15) is 0 Å². The third-order valence-corrected chi connectivity index (χ3v) is 3.59. The van der Waals surface area contributed by atoms with E-state index >= 15 is 0 Å². The lowest BCUT2D eigenvalue weighted by atomic mass is 10.1. The van der Waals surface area contributed by atoms with E-state index in [-0.39, 0.29) is 6.04 Å². The Morgan fingerprint density at radius 1 is 1.14 bits per heavy atom. The van der Waals surface area contributed by atoms with Crippen LogP contribution in [0.3, 0.4) is 0 Å². The molecule has 21 heavy (non-hydrogen) atoms. The van der Waals surface area contributed by atoms with E-state index in [1.807, 2.05) is 37.5 Å². The first-order valence-corrected chi connectivity index (χ1v) is 7.32. The Balaban J connectivity index is 1.88. The maximum absolute atomic E-state index is 5.95. The zero-order chi connectivity index (χ0) is 14.7. The molecule has 0 saturated carbocycles. The number of fused-ring (bicyclic) bond motifs is 1. The Kier molecular flexibility index (Phi) is 3.97. The first kappa shape index (κ1) is 13.8. The van der Waals surface area contributed by atoms with Gasteiger partial charge in [-0.05, 0) is 43.2 Å². The Hall–Kier alpha value is -2.20. The van der Waals surface area contributed by atoms with Crippen LogP contribution in [-0.4, -0.2) is 20.6 Å². The summed E-state index contributed by atoms with van der Waals surface area (Å²) in [6, 6.07) is 10.3. The number of hydrogen-bond acceptors (Lipinski definition) is 3. The molecule has 4 nitrogen and oxygen atoms in total. The van der Waals surface area contributed by atoms with E-state index in [0.29, 0.717) is 0 Å². The molecule has 108 valence electrons. The summed E-state index contributed by atoms with van der Waals surface area (Å²) in [5.74, 6) is 0. The zero-order valence-electron chi connectivity index (χ0n) is 12.2. The maximum Gasteiger partial charge on any atom is 0.140 e. The molecular formula is C17H20N4. The van der Waals surface area contributed by atoms with Gasteiger partial charge in [-0.25, -0.2) is 4.98 Å². The van der Waals surface area contributed by atoms with Crippen LogP contribution in [0.15, 0.2) is 48.9 Å². The van der Waals surface area contributed by atoms with Gasteiger partial charge in [0.05, 0.1) is 0 Å². The lowest BCUT2D eigenvalue weighted by Crippen LogP contribution is -2.17. The fourth-order valence-corrected chi connectivity index (χ4v) is 2.66. The maximum atomic E-state index is 5.95. The van der Waals surface area contributed by atoms with Crippen LogP contribution < -0.4 is 5.73 Å². The van der Waals surface area contributed by atoms with Crippen LogP contribution >= 0.6 is 0 Å². The van der Waals surface area contributed by atoms with E-state index in [1.165, 1.54) is 10.9 Å². The lowest BCUT2D eigenvalue weighted by Gasteiger charge is -2.04. The lowest BCUT2D eigenvalue weighted by molar-refractivity contribution is 0.693. The molecule has 0 aliphatic carbocycles. The summed E-state index contributed by atoms with van der Waals surface area (Å²) in [6.07, 6.45) is 7.64. The van der Waals surface area contributed by atoms with Gasteiger partial charge in [0.1, 0.15) is 5.65 Å². The highest BCUT2D eigenvalue weighted by Gasteiger charge is 2.10. The summed E-state index contributed by atoms with van der Waals surface area (Å²) in [5.41, 5.74) is 9.35. The first-order valence-electron chi connectivity index (χ1n) is 7.32. The molecule has 3 aromatic rings. The van der Waals surface area contributed by atoms with Crippen molar-refractivity contribution in [3.05, 3.63) is 60.2 Å². The third-order valence-electron chi connectivity index (χ3n) is 3.59. The summed E-state index contributed by atoms with van der Waals surface area (Å²) < 4.78 is 2.21. The van der Waals surface area contributed by atoms with Crippen molar-refractivity contribution in [3.63, 3.8) is 0 Å². The minimum atomic E-state index is 0.153. The van der Waals surface area contributed by atoms with Crippen molar-refractivity contribution >= 4 is 11.0 Å². The van der Waals surface area contributed by atoms with Gasteiger partial charge in [0.2, 0.25) is 0 Å². The number of rotatable bonds is 5. The van der Waals surface area contributed by atoms with Crippen LogP contribution in [0, 0.1) is 0 Å². The van der Waals surface area contributed by atoms with Crippen LogP contribution in [0.25, 0.3) is 11.0 Å². The molecule has 0 bridgehead atoms. The molecule has 0 aliphatic rings. The predicted molar refractivity (Wildman–Crippen MR) is 85.0 cm³/mol. The number of nitrogens with two attached hydrogens (primary N) is 1. The number of hydrogen-bond donors (Lipinski definition) is 1. The Morgan fingerprint density at radius 3 is 2.76 bits per heavy atom. The van der Waals surface area contributed by atoms with Gasteiger partial charge in [-0.15, -0.1) is 0 Å². The molecule has 0 spiro atoms. The first-order chi connectivity index (χ1) is 10.2. The highest BCUT2D eigenvalue weighted by Crippen LogP contribution is 2.20. The summed E-state index contributed by atoms with van der Waals surface area (Å²) in [6.45, 7) is 2.91. The second-order valence-corrected chi connectivity index (χ2v) is 5.47. The van der Waals surface area contributed by atoms with Crippen LogP contribution in [0.1, 0.15) is 18.2 Å². The van der Waals surface area contributed by atoms with Gasteiger partial charge in [0.15, 0.2) is 0 Å². The molecule has 3 heterocycles. The minimum absolute atomic E-state index is 0.153. The van der Waals surface area contributed by atoms with E-state index in [0.717, 1.165) is 30.7 Å². The Morgan fingerprint density at radius 2 is 2.00 bits per heavy atom. The average Bonchev–Trinajstić information content (AvgIpc) is 2.84. The molecule has 3 aromatic heterocycles. The van der Waals surface area contributed by atoms with Crippen molar-refractivity contribution in [1.82, 2.24) is 14.5 Å². The van der Waals surface area contributed by atoms with Gasteiger partial charge in [-0.3, -0.25) is 4.98 Å². The van der Waals surface area contributed by atoms with E-state index in [2.05, 4.69) is 32.9 Å². The monoisotopic (exact) mass is 280 g/mol. The molecule has 2 N–H and O–H groups in total. The Bertz CT molecular complexity index is 716. The van der Waals surface area contributed by atoms with E-state index < -0.39 is 0 Å². The summed E-state index contributed by atoms with van der Waals surface area (Å²) in [4.78, 5) is 8.90. The SMILES string of the molecule is CC(N)Cc1cn(CCc2ccccn2)c2ncccc12. The van der Waals surface area contributed by atoms with Crippen LogP contribution in [0.5, 0.6) is 0 Å². The molecule has 0 amide bonds. The van der Waals surface area contributed by atoms with E-state index in [1.54, 1.807) is 0 Å². The minimum Gasteiger partial charge on any atom is -0.332 e. The largest absolute Gasteiger partial charge is 0.332 e. The molecule has 1 unspecified atom stereocenters. The second-order valence-electron chi connectivity index (χ2n) is 5.47. The second kappa shape index (κ2) is 6.06. The van der Waals surface area contributed by atoms with Crippen molar-refractivity contribution in [3.8, 4) is 0 Å². The molecule has 4 heteroatoms. The summed E-state index contributed by atoms with van der Waals surface area (Å²) in [5, 5.41) is 1.20. The number of pyridine rings is 2. The van der Waals surface area contributed by atoms with Gasteiger partial charge >= 0.3 is 0 Å². The van der Waals surface area contributed by atoms with Gasteiger partial charge in [0, 0.05) is 48.7 Å². The quantitative estimate of drug-likeness (QED) is 0.781. The fraction of sp³-hybridized carbons (Fsp3) is 0.294. The number of nitrogens with zero attached hydrogens (tertiary/aromatic N) is 3. The van der Waals surface area contributed by atoms with E-state index in [4.69, 9.17) is 5.73 Å². The van der Waals surface area contributed by atoms with Gasteiger partial charge in [0.25, 0.3) is 0 Å². The highest BCUT2D eigenvalue weighted by molar-refractivity contribution is 5.80. The number of aryl methyl sites for hydroxylation is 2. The van der Waals surface area contributed by atoms with Crippen LogP contribution in [0.4, 0.5) is 0 Å². The van der Waals surface area contributed by atoms with Crippen molar-refractivity contribution < 1.29 is 0 Å².